The number of thiazole rings is 1. The number of aromatic nitrogens is 2. The number of carbonyl (C=O) groups is 3. The van der Waals surface area contributed by atoms with E-state index in [1.54, 1.807) is 0 Å². The van der Waals surface area contributed by atoms with Crippen LogP contribution in [0.1, 0.15) is 96.8 Å². The summed E-state index contributed by atoms with van der Waals surface area (Å²) in [6, 6.07) is 23.4. The molecule has 1 amide bonds. The molecule has 11 heteroatoms. The van der Waals surface area contributed by atoms with Crippen LogP contribution in [-0.4, -0.2) is 51.2 Å². The van der Waals surface area contributed by atoms with Crippen molar-refractivity contribution >= 4 is 50.3 Å². The van der Waals surface area contributed by atoms with Crippen LogP contribution in [-0.2, 0) is 22.5 Å². The number of hydrogen-bond donors (Lipinski definition) is 2. The van der Waals surface area contributed by atoms with Gasteiger partial charge in [-0.25, -0.2) is 14.8 Å². The summed E-state index contributed by atoms with van der Waals surface area (Å²) in [5, 5.41) is 12.6. The Morgan fingerprint density at radius 2 is 1.70 bits per heavy atom. The number of nitrogens with one attached hydrogen (secondary N) is 1. The Kier molecular flexibility index (Phi) is 10.7. The van der Waals surface area contributed by atoms with E-state index in [4.69, 9.17) is 19.6 Å². The zero-order valence-corrected chi connectivity index (χ0v) is 32.0. The maximum Gasteiger partial charge on any atom is 0.358 e. The molecule has 2 N–H and O–H groups in total. The largest absolute Gasteiger partial charge is 0.490 e. The number of pyridine rings is 1. The summed E-state index contributed by atoms with van der Waals surface area (Å²) in [4.78, 5) is 50.3. The van der Waals surface area contributed by atoms with E-state index in [0.29, 0.717) is 53.9 Å². The molecule has 5 aromatic rings. The number of nitrogens with zero attached hydrogens (tertiary/aromatic N) is 3. The molecule has 54 heavy (non-hydrogen) atoms. The van der Waals surface area contributed by atoms with Gasteiger partial charge in [0.15, 0.2) is 10.8 Å². The van der Waals surface area contributed by atoms with E-state index in [-0.39, 0.29) is 24.1 Å². The molecule has 0 bridgehead atoms. The van der Waals surface area contributed by atoms with Crippen molar-refractivity contribution in [1.82, 2.24) is 9.97 Å². The number of benzene rings is 3. The van der Waals surface area contributed by atoms with Gasteiger partial charge in [0.2, 0.25) is 0 Å². The van der Waals surface area contributed by atoms with Gasteiger partial charge in [0.05, 0.1) is 16.3 Å². The highest BCUT2D eigenvalue weighted by Gasteiger charge is 2.29. The minimum absolute atomic E-state index is 0.0426. The zero-order chi connectivity index (χ0) is 38.0. The van der Waals surface area contributed by atoms with Crippen LogP contribution < -0.4 is 15.0 Å². The Morgan fingerprint density at radius 1 is 0.926 bits per heavy atom. The first-order valence-electron chi connectivity index (χ1n) is 18.7. The highest BCUT2D eigenvalue weighted by atomic mass is 32.1. The van der Waals surface area contributed by atoms with Crippen LogP contribution >= 0.6 is 11.3 Å². The van der Waals surface area contributed by atoms with Crippen molar-refractivity contribution in [2.45, 2.75) is 90.9 Å². The lowest BCUT2D eigenvalue weighted by atomic mass is 9.84. The average Bonchev–Trinajstić information content (AvgIpc) is 3.56. The Morgan fingerprint density at radius 3 is 2.46 bits per heavy atom. The van der Waals surface area contributed by atoms with Crippen molar-refractivity contribution in [1.29, 1.82) is 0 Å². The van der Waals surface area contributed by atoms with E-state index in [1.165, 1.54) is 11.3 Å². The van der Waals surface area contributed by atoms with Crippen LogP contribution in [0.2, 0.25) is 0 Å². The molecule has 2 aromatic heterocycles. The van der Waals surface area contributed by atoms with E-state index in [0.717, 1.165) is 63.9 Å². The van der Waals surface area contributed by atoms with Gasteiger partial charge in [-0.05, 0) is 131 Å². The Balaban J connectivity index is 1.14. The topological polar surface area (TPSA) is 131 Å². The van der Waals surface area contributed by atoms with Gasteiger partial charge >= 0.3 is 11.9 Å². The fraction of sp³-hybridized carbons (Fsp3) is 0.372. The number of carbonyl (C=O) groups excluding carboxylic acids is 2. The fourth-order valence-corrected chi connectivity index (χ4v) is 8.34. The van der Waals surface area contributed by atoms with E-state index in [9.17, 15) is 14.4 Å². The maximum absolute atomic E-state index is 13.9. The molecule has 3 aromatic carbocycles. The number of hydrogen-bond acceptors (Lipinski definition) is 9. The molecule has 3 heterocycles. The summed E-state index contributed by atoms with van der Waals surface area (Å²) in [7, 11) is 0. The molecule has 10 nitrogen and oxygen atoms in total. The van der Waals surface area contributed by atoms with Crippen LogP contribution in [0.3, 0.4) is 0 Å². The van der Waals surface area contributed by atoms with Gasteiger partial charge in [0, 0.05) is 30.6 Å². The number of anilines is 2. The average molecular weight is 747 g/mol. The smallest absolute Gasteiger partial charge is 0.358 e. The lowest BCUT2D eigenvalue weighted by molar-refractivity contribution is -0.137. The van der Waals surface area contributed by atoms with Gasteiger partial charge in [0.1, 0.15) is 17.2 Å². The Labute approximate surface area is 319 Å². The molecule has 1 fully saturated rings. The van der Waals surface area contributed by atoms with Crippen LogP contribution in [0.25, 0.3) is 21.3 Å². The van der Waals surface area contributed by atoms with Crippen LogP contribution in [0.4, 0.5) is 10.9 Å². The highest BCUT2D eigenvalue weighted by Crippen LogP contribution is 2.37. The number of carboxylic acids is 1. The molecule has 2 aliphatic rings. The van der Waals surface area contributed by atoms with Gasteiger partial charge in [-0.1, -0.05) is 47.7 Å². The lowest BCUT2D eigenvalue weighted by Gasteiger charge is -2.31. The number of fused-ring (bicyclic) bond motifs is 2. The predicted octanol–water partition coefficient (Wildman–Crippen LogP) is 9.24. The third-order valence-electron chi connectivity index (χ3n) is 10.3. The van der Waals surface area contributed by atoms with Gasteiger partial charge in [-0.3, -0.25) is 14.9 Å². The SMILES string of the molecule is Cc1c(O[C@H]2CC[C@H](CCC(=O)O)CC2)cccc1-c1ccc(N2CCc3cccc(C(=O)Nc4nc5ccccc5s4)c3C2)nc1C(=O)OC(C)(C)C. The normalized spacial score (nSPS) is 17.1. The second-order valence-electron chi connectivity index (χ2n) is 15.2. The van der Waals surface area contributed by atoms with E-state index >= 15 is 0 Å². The number of esters is 1. The molecule has 1 saturated carbocycles. The number of rotatable bonds is 10. The molecule has 1 aliphatic heterocycles. The van der Waals surface area contributed by atoms with Gasteiger partial charge in [0.25, 0.3) is 5.91 Å². The lowest BCUT2D eigenvalue weighted by Crippen LogP contribution is -2.33. The number of aliphatic carboxylic acids is 1. The third-order valence-corrected chi connectivity index (χ3v) is 11.2. The third kappa shape index (κ3) is 8.41. The molecule has 0 saturated heterocycles. The molecule has 280 valence electrons. The van der Waals surface area contributed by atoms with Crippen molar-refractivity contribution in [2.24, 2.45) is 5.92 Å². The van der Waals surface area contributed by atoms with E-state index in [2.05, 4.69) is 21.3 Å². The predicted molar refractivity (Wildman–Crippen MR) is 212 cm³/mol. The maximum atomic E-state index is 13.9. The first-order valence-corrected chi connectivity index (χ1v) is 19.5. The minimum atomic E-state index is -0.744. The van der Waals surface area contributed by atoms with Crippen molar-refractivity contribution in [3.8, 4) is 16.9 Å². The first kappa shape index (κ1) is 37.0. The second kappa shape index (κ2) is 15.6. The minimum Gasteiger partial charge on any atom is -0.490 e. The van der Waals surface area contributed by atoms with Gasteiger partial charge < -0.3 is 19.5 Å². The zero-order valence-electron chi connectivity index (χ0n) is 31.2. The van der Waals surface area contributed by atoms with Crippen LogP contribution in [0, 0.1) is 12.8 Å². The molecule has 0 atom stereocenters. The summed E-state index contributed by atoms with van der Waals surface area (Å²) in [6.07, 6.45) is 5.30. The molecular formula is C43H46N4O6S. The molecular weight excluding hydrogens is 701 g/mol. The highest BCUT2D eigenvalue weighted by molar-refractivity contribution is 7.22. The molecule has 0 unspecified atom stereocenters. The van der Waals surface area contributed by atoms with Gasteiger partial charge in [-0.2, -0.15) is 0 Å². The van der Waals surface area contributed by atoms with Crippen molar-refractivity contribution in [2.75, 3.05) is 16.8 Å². The summed E-state index contributed by atoms with van der Waals surface area (Å²) < 4.78 is 13.5. The number of para-hydroxylation sites is 1. The number of amides is 1. The molecule has 7 rings (SSSR count). The Bertz CT molecular complexity index is 2170. The monoisotopic (exact) mass is 746 g/mol. The number of ether oxygens (including phenoxy) is 2. The summed E-state index contributed by atoms with van der Waals surface area (Å²) in [5.41, 5.74) is 5.33. The van der Waals surface area contributed by atoms with E-state index < -0.39 is 17.5 Å². The van der Waals surface area contributed by atoms with Gasteiger partial charge in [-0.15, -0.1) is 0 Å². The fourth-order valence-electron chi connectivity index (χ4n) is 7.48. The van der Waals surface area contributed by atoms with Crippen molar-refractivity contribution in [3.05, 3.63) is 101 Å². The van der Waals surface area contributed by atoms with Crippen LogP contribution in [0.5, 0.6) is 5.75 Å². The molecule has 1 aliphatic carbocycles. The molecule has 0 radical (unpaired) electrons. The molecule has 0 spiro atoms. The first-order chi connectivity index (χ1) is 25.9. The Hall–Kier alpha value is -5.29. The quantitative estimate of drug-likeness (QED) is 0.134. The summed E-state index contributed by atoms with van der Waals surface area (Å²) in [5.74, 6) is 0.315. The standard InChI is InChI=1S/C43H46N4O6S/c1-26-30(10-8-13-35(26)52-29-18-15-27(16-19-29)17-22-38(48)49)31-20-21-37(45-39(31)41(51)53-43(2,3)4)47-24-23-28-9-7-11-32(33(28)25-47)40(50)46-42-44-34-12-5-6-14-36(34)54-42/h5-14,20-21,27,29H,15-19,22-25H2,1-4H3,(H,48,49)(H,44,46,50)/t27-,29-. The van der Waals surface area contributed by atoms with Crippen molar-refractivity contribution < 1.29 is 29.0 Å². The summed E-state index contributed by atoms with van der Waals surface area (Å²) >= 11 is 1.44. The van der Waals surface area contributed by atoms with E-state index in [1.807, 2.05) is 94.4 Å². The van der Waals surface area contributed by atoms with Crippen LogP contribution in [0.15, 0.2) is 72.8 Å². The van der Waals surface area contributed by atoms with Crippen molar-refractivity contribution in [3.63, 3.8) is 0 Å². The second-order valence-corrected chi connectivity index (χ2v) is 16.3. The summed E-state index contributed by atoms with van der Waals surface area (Å²) in [6.45, 7) is 8.63. The number of carboxylic acid groups (broad SMARTS) is 1.